The van der Waals surface area contributed by atoms with Gasteiger partial charge >= 0.3 is 0 Å². The van der Waals surface area contributed by atoms with Crippen LogP contribution in [0.5, 0.6) is 11.5 Å². The largest absolute Gasteiger partial charge is 0.493 e. The molecule has 0 spiro atoms. The number of ether oxygens (including phenoxy) is 2. The van der Waals surface area contributed by atoms with Crippen LogP contribution in [0, 0.1) is 0 Å². The van der Waals surface area contributed by atoms with Gasteiger partial charge in [-0.15, -0.1) is 0 Å². The summed E-state index contributed by atoms with van der Waals surface area (Å²) in [5.74, 6) is 1.42. The predicted molar refractivity (Wildman–Crippen MR) is 106 cm³/mol. The summed E-state index contributed by atoms with van der Waals surface area (Å²) in [6.45, 7) is 0.414. The molecule has 1 amide bonds. The van der Waals surface area contributed by atoms with Gasteiger partial charge in [-0.3, -0.25) is 4.79 Å². The lowest BCUT2D eigenvalue weighted by Crippen LogP contribution is -2.42. The van der Waals surface area contributed by atoms with Gasteiger partial charge in [0.25, 0.3) is 0 Å². The molecule has 0 unspecified atom stereocenters. The summed E-state index contributed by atoms with van der Waals surface area (Å²) in [5, 5.41) is 3.13. The molecule has 0 aliphatic heterocycles. The van der Waals surface area contributed by atoms with Gasteiger partial charge in [0.15, 0.2) is 11.5 Å². The average molecular weight is 418 g/mol. The topological polar surface area (TPSA) is 47.6 Å². The van der Waals surface area contributed by atoms with E-state index in [-0.39, 0.29) is 5.91 Å². The van der Waals surface area contributed by atoms with Crippen LogP contribution in [-0.4, -0.2) is 20.1 Å². The Bertz CT molecular complexity index is 767. The first-order valence-corrected chi connectivity index (χ1v) is 9.64. The Kier molecular flexibility index (Phi) is 5.87. The number of hydrogen-bond acceptors (Lipinski definition) is 3. The third-order valence-electron chi connectivity index (χ3n) is 5.21. The molecular formula is C21H24BrNO3. The number of para-hydroxylation sites is 1. The molecule has 3 rings (SSSR count). The highest BCUT2D eigenvalue weighted by atomic mass is 79.9. The van der Waals surface area contributed by atoms with Crippen molar-refractivity contribution in [2.45, 2.75) is 37.6 Å². The van der Waals surface area contributed by atoms with Gasteiger partial charge in [-0.1, -0.05) is 53.0 Å². The lowest BCUT2D eigenvalue weighted by Gasteiger charge is -2.28. The van der Waals surface area contributed by atoms with Crippen LogP contribution in [0.15, 0.2) is 46.9 Å². The molecular weight excluding hydrogens is 394 g/mol. The number of halogens is 1. The molecule has 2 aromatic carbocycles. The van der Waals surface area contributed by atoms with E-state index in [0.29, 0.717) is 18.0 Å². The smallest absolute Gasteiger partial charge is 0.230 e. The molecule has 1 N–H and O–H groups in total. The number of amides is 1. The SMILES string of the molecule is COc1cccc(CNC(=O)C2(c3ccc(Br)cc3)CCCC2)c1OC. The lowest BCUT2D eigenvalue weighted by molar-refractivity contribution is -0.126. The predicted octanol–water partition coefficient (Wildman–Crippen LogP) is 4.59. The molecule has 2 aromatic rings. The van der Waals surface area contributed by atoms with E-state index < -0.39 is 5.41 Å². The minimum Gasteiger partial charge on any atom is -0.493 e. The van der Waals surface area contributed by atoms with Crippen molar-refractivity contribution in [2.75, 3.05) is 14.2 Å². The molecule has 0 radical (unpaired) electrons. The summed E-state index contributed by atoms with van der Waals surface area (Å²) in [5.41, 5.74) is 1.56. The van der Waals surface area contributed by atoms with Gasteiger partial charge in [-0.2, -0.15) is 0 Å². The Hall–Kier alpha value is -2.01. The van der Waals surface area contributed by atoms with Gasteiger partial charge < -0.3 is 14.8 Å². The fourth-order valence-corrected chi connectivity index (χ4v) is 4.10. The zero-order chi connectivity index (χ0) is 18.6. The maximum atomic E-state index is 13.2. The third-order valence-corrected chi connectivity index (χ3v) is 5.74. The first-order chi connectivity index (χ1) is 12.6. The van der Waals surface area contributed by atoms with E-state index in [4.69, 9.17) is 9.47 Å². The average Bonchev–Trinajstić information content (AvgIpc) is 3.17. The fraction of sp³-hybridized carbons (Fsp3) is 0.381. The molecule has 0 bridgehead atoms. The van der Waals surface area contributed by atoms with E-state index in [1.807, 2.05) is 30.3 Å². The Morgan fingerprint density at radius 1 is 1.08 bits per heavy atom. The van der Waals surface area contributed by atoms with Crippen molar-refractivity contribution in [3.63, 3.8) is 0 Å². The normalized spacial score (nSPS) is 15.5. The quantitative estimate of drug-likeness (QED) is 0.746. The molecule has 26 heavy (non-hydrogen) atoms. The summed E-state index contributed by atoms with van der Waals surface area (Å²) in [4.78, 5) is 13.2. The molecule has 0 atom stereocenters. The van der Waals surface area contributed by atoms with Crippen molar-refractivity contribution in [3.8, 4) is 11.5 Å². The maximum Gasteiger partial charge on any atom is 0.230 e. The highest BCUT2D eigenvalue weighted by Gasteiger charge is 2.42. The van der Waals surface area contributed by atoms with Crippen LogP contribution in [0.3, 0.4) is 0 Å². The number of carbonyl (C=O) groups excluding carboxylic acids is 1. The minimum atomic E-state index is -0.438. The molecule has 1 aliphatic rings. The third kappa shape index (κ3) is 3.58. The van der Waals surface area contributed by atoms with Crippen molar-refractivity contribution in [3.05, 3.63) is 58.1 Å². The van der Waals surface area contributed by atoms with Gasteiger partial charge in [-0.25, -0.2) is 0 Å². The number of rotatable bonds is 6. The standard InChI is InChI=1S/C21H24BrNO3/c1-25-18-7-5-6-15(19(18)26-2)14-23-20(24)21(12-3-4-13-21)16-8-10-17(22)11-9-16/h5-11H,3-4,12-14H2,1-2H3,(H,23,24). The van der Waals surface area contributed by atoms with Gasteiger partial charge in [0.05, 0.1) is 19.6 Å². The number of nitrogens with one attached hydrogen (secondary N) is 1. The van der Waals surface area contributed by atoms with E-state index >= 15 is 0 Å². The highest BCUT2D eigenvalue weighted by molar-refractivity contribution is 9.10. The van der Waals surface area contributed by atoms with Gasteiger partial charge in [0.2, 0.25) is 5.91 Å². The monoisotopic (exact) mass is 417 g/mol. The summed E-state index contributed by atoms with van der Waals surface area (Å²) in [6, 6.07) is 13.8. The van der Waals surface area contributed by atoms with Crippen LogP contribution in [-0.2, 0) is 16.8 Å². The van der Waals surface area contributed by atoms with Crippen LogP contribution < -0.4 is 14.8 Å². The lowest BCUT2D eigenvalue weighted by atomic mass is 9.78. The first-order valence-electron chi connectivity index (χ1n) is 8.85. The summed E-state index contributed by atoms with van der Waals surface area (Å²) < 4.78 is 11.8. The fourth-order valence-electron chi connectivity index (χ4n) is 3.83. The zero-order valence-corrected chi connectivity index (χ0v) is 16.8. The van der Waals surface area contributed by atoms with Crippen LogP contribution in [0.2, 0.25) is 0 Å². The van der Waals surface area contributed by atoms with Crippen molar-refractivity contribution in [1.29, 1.82) is 0 Å². The molecule has 0 aromatic heterocycles. The number of methoxy groups -OCH3 is 2. The Morgan fingerprint density at radius 3 is 2.38 bits per heavy atom. The second-order valence-electron chi connectivity index (χ2n) is 6.63. The molecule has 4 nitrogen and oxygen atoms in total. The van der Waals surface area contributed by atoms with Crippen LogP contribution in [0.1, 0.15) is 36.8 Å². The molecule has 5 heteroatoms. The first kappa shape index (κ1) is 18.8. The maximum absolute atomic E-state index is 13.2. The van der Waals surface area contributed by atoms with Crippen molar-refractivity contribution in [2.24, 2.45) is 0 Å². The molecule has 138 valence electrons. The van der Waals surface area contributed by atoms with Crippen molar-refractivity contribution in [1.82, 2.24) is 5.32 Å². The van der Waals surface area contributed by atoms with E-state index in [2.05, 4.69) is 33.4 Å². The molecule has 1 fully saturated rings. The number of benzene rings is 2. The molecule has 0 saturated heterocycles. The van der Waals surface area contributed by atoms with E-state index in [0.717, 1.165) is 41.3 Å². The van der Waals surface area contributed by atoms with E-state index in [9.17, 15) is 4.79 Å². The molecule has 1 saturated carbocycles. The summed E-state index contributed by atoms with van der Waals surface area (Å²) >= 11 is 3.47. The number of hydrogen-bond donors (Lipinski definition) is 1. The van der Waals surface area contributed by atoms with Crippen LogP contribution in [0.4, 0.5) is 0 Å². The Labute approximate surface area is 163 Å². The number of carbonyl (C=O) groups is 1. The van der Waals surface area contributed by atoms with Crippen molar-refractivity contribution >= 4 is 21.8 Å². The Balaban J connectivity index is 1.81. The van der Waals surface area contributed by atoms with Crippen LogP contribution >= 0.6 is 15.9 Å². The zero-order valence-electron chi connectivity index (χ0n) is 15.2. The van der Waals surface area contributed by atoms with E-state index in [1.165, 1.54) is 0 Å². The van der Waals surface area contributed by atoms with Crippen LogP contribution in [0.25, 0.3) is 0 Å². The van der Waals surface area contributed by atoms with Gasteiger partial charge in [0.1, 0.15) is 0 Å². The van der Waals surface area contributed by atoms with Crippen molar-refractivity contribution < 1.29 is 14.3 Å². The Morgan fingerprint density at radius 2 is 1.77 bits per heavy atom. The van der Waals surface area contributed by atoms with E-state index in [1.54, 1.807) is 14.2 Å². The van der Waals surface area contributed by atoms with Gasteiger partial charge in [-0.05, 0) is 36.6 Å². The molecule has 0 heterocycles. The summed E-state index contributed by atoms with van der Waals surface area (Å²) in [7, 11) is 3.23. The van der Waals surface area contributed by atoms with Gasteiger partial charge in [0, 0.05) is 16.6 Å². The summed E-state index contributed by atoms with van der Waals surface area (Å²) in [6.07, 6.45) is 3.92. The minimum absolute atomic E-state index is 0.0854. The second-order valence-corrected chi connectivity index (χ2v) is 7.55. The molecule has 1 aliphatic carbocycles. The highest BCUT2D eigenvalue weighted by Crippen LogP contribution is 2.42. The second kappa shape index (κ2) is 8.12.